The minimum absolute atomic E-state index is 0.0211. The number of benzene rings is 1. The summed E-state index contributed by atoms with van der Waals surface area (Å²) in [6, 6.07) is 12.1. The molecule has 7 nitrogen and oxygen atoms in total. The lowest BCUT2D eigenvalue weighted by molar-refractivity contribution is 0.0467. The monoisotopic (exact) mass is 437 g/mol. The van der Waals surface area contributed by atoms with Crippen molar-refractivity contribution in [2.24, 2.45) is 0 Å². The van der Waals surface area contributed by atoms with Crippen LogP contribution in [0.4, 0.5) is 0 Å². The predicted octanol–water partition coefficient (Wildman–Crippen LogP) is 4.56. The van der Waals surface area contributed by atoms with Gasteiger partial charge in [0.25, 0.3) is 0 Å². The molecule has 4 rings (SSSR count). The molecule has 0 aliphatic carbocycles. The standard InChI is InChI=1S/C23H20ClN3O4/c1-4-15-5-6-17-16(11-21(28)31-19(17)10-15)12-30-23(29)22-18(24)7-8-20(25-22)27-14(3)9-13(2)26-27/h5-11H,4,12H2,1-3H3. The van der Waals surface area contributed by atoms with Crippen molar-refractivity contribution < 1.29 is 13.9 Å². The molecule has 0 saturated carbocycles. The van der Waals surface area contributed by atoms with E-state index in [-0.39, 0.29) is 17.3 Å². The van der Waals surface area contributed by atoms with Gasteiger partial charge in [0.2, 0.25) is 0 Å². The van der Waals surface area contributed by atoms with Crippen molar-refractivity contribution in [1.82, 2.24) is 14.8 Å². The first-order chi connectivity index (χ1) is 14.9. The number of rotatable bonds is 5. The Labute approximate surface area is 183 Å². The lowest BCUT2D eigenvalue weighted by Crippen LogP contribution is -2.12. The van der Waals surface area contributed by atoms with E-state index in [0.717, 1.165) is 23.4 Å². The van der Waals surface area contributed by atoms with Crippen molar-refractivity contribution in [3.63, 3.8) is 0 Å². The van der Waals surface area contributed by atoms with Crippen molar-refractivity contribution in [3.8, 4) is 5.82 Å². The number of fused-ring (bicyclic) bond motifs is 1. The molecular formula is C23H20ClN3O4. The second-order valence-electron chi connectivity index (χ2n) is 7.19. The molecule has 0 aliphatic heterocycles. The largest absolute Gasteiger partial charge is 0.456 e. The summed E-state index contributed by atoms with van der Waals surface area (Å²) in [6.45, 7) is 5.67. The highest BCUT2D eigenvalue weighted by molar-refractivity contribution is 6.33. The second-order valence-corrected chi connectivity index (χ2v) is 7.60. The van der Waals surface area contributed by atoms with Gasteiger partial charge >= 0.3 is 11.6 Å². The molecule has 0 spiro atoms. The molecule has 4 aromatic rings. The molecule has 0 amide bonds. The Bertz CT molecular complexity index is 1360. The minimum Gasteiger partial charge on any atom is -0.456 e. The average Bonchev–Trinajstić information content (AvgIpc) is 3.09. The van der Waals surface area contributed by atoms with Crippen LogP contribution in [-0.2, 0) is 17.8 Å². The molecule has 0 atom stereocenters. The average molecular weight is 438 g/mol. The minimum atomic E-state index is -0.694. The molecular weight excluding hydrogens is 418 g/mol. The second kappa shape index (κ2) is 8.35. The third kappa shape index (κ3) is 4.22. The fraction of sp³-hybridized carbons (Fsp3) is 0.217. The van der Waals surface area contributed by atoms with Gasteiger partial charge in [-0.25, -0.2) is 19.3 Å². The van der Waals surface area contributed by atoms with Crippen LogP contribution >= 0.6 is 11.6 Å². The number of aromatic nitrogens is 3. The molecule has 0 radical (unpaired) electrons. The number of pyridine rings is 1. The van der Waals surface area contributed by atoms with E-state index >= 15 is 0 Å². The molecule has 8 heteroatoms. The Morgan fingerprint density at radius 3 is 2.68 bits per heavy atom. The van der Waals surface area contributed by atoms with Crippen LogP contribution in [-0.4, -0.2) is 20.7 Å². The summed E-state index contributed by atoms with van der Waals surface area (Å²) in [5, 5.41) is 5.25. The Kier molecular flexibility index (Phi) is 5.61. The smallest absolute Gasteiger partial charge is 0.358 e. The first kappa shape index (κ1) is 20.8. The van der Waals surface area contributed by atoms with E-state index in [1.807, 2.05) is 45.0 Å². The SMILES string of the molecule is CCc1ccc2c(COC(=O)c3nc(-n4nc(C)cc4C)ccc3Cl)cc(=O)oc2c1. The normalized spacial score (nSPS) is 11.1. The molecule has 3 heterocycles. The van der Waals surface area contributed by atoms with Gasteiger partial charge in [0, 0.05) is 22.7 Å². The topological polar surface area (TPSA) is 87.2 Å². The third-order valence-electron chi connectivity index (χ3n) is 4.91. The van der Waals surface area contributed by atoms with Gasteiger partial charge in [-0.15, -0.1) is 0 Å². The van der Waals surface area contributed by atoms with Gasteiger partial charge < -0.3 is 9.15 Å². The number of esters is 1. The summed E-state index contributed by atoms with van der Waals surface area (Å²) in [5.41, 5.74) is 3.23. The quantitative estimate of drug-likeness (QED) is 0.336. The van der Waals surface area contributed by atoms with Gasteiger partial charge in [-0.05, 0) is 50.1 Å². The number of ether oxygens (including phenoxy) is 1. The van der Waals surface area contributed by atoms with Crippen molar-refractivity contribution in [1.29, 1.82) is 0 Å². The van der Waals surface area contributed by atoms with Gasteiger partial charge in [-0.2, -0.15) is 5.10 Å². The molecule has 0 saturated heterocycles. The van der Waals surface area contributed by atoms with E-state index in [2.05, 4.69) is 10.1 Å². The lowest BCUT2D eigenvalue weighted by atomic mass is 10.1. The van der Waals surface area contributed by atoms with Gasteiger partial charge in [-0.3, -0.25) is 0 Å². The van der Waals surface area contributed by atoms with Crippen LogP contribution in [0.1, 0.15) is 39.9 Å². The highest BCUT2D eigenvalue weighted by atomic mass is 35.5. The Balaban J connectivity index is 1.62. The number of hydrogen-bond acceptors (Lipinski definition) is 6. The van der Waals surface area contributed by atoms with Crippen LogP contribution in [0.15, 0.2) is 51.7 Å². The zero-order chi connectivity index (χ0) is 22.1. The Morgan fingerprint density at radius 2 is 1.97 bits per heavy atom. The fourth-order valence-electron chi connectivity index (χ4n) is 3.38. The molecule has 31 heavy (non-hydrogen) atoms. The number of aryl methyl sites for hydroxylation is 3. The van der Waals surface area contributed by atoms with Crippen LogP contribution in [0.5, 0.6) is 0 Å². The summed E-state index contributed by atoms with van der Waals surface area (Å²) >= 11 is 6.20. The zero-order valence-corrected chi connectivity index (χ0v) is 18.1. The van der Waals surface area contributed by atoms with E-state index < -0.39 is 11.6 Å². The Morgan fingerprint density at radius 1 is 1.16 bits per heavy atom. The summed E-state index contributed by atoms with van der Waals surface area (Å²) in [4.78, 5) is 29.0. The first-order valence-corrected chi connectivity index (χ1v) is 10.2. The maximum atomic E-state index is 12.7. The lowest BCUT2D eigenvalue weighted by Gasteiger charge is -2.10. The van der Waals surface area contributed by atoms with Gasteiger partial charge in [0.1, 0.15) is 12.2 Å². The summed E-state index contributed by atoms with van der Waals surface area (Å²) < 4.78 is 12.4. The molecule has 0 bridgehead atoms. The fourth-order valence-corrected chi connectivity index (χ4v) is 3.56. The predicted molar refractivity (Wildman–Crippen MR) is 117 cm³/mol. The summed E-state index contributed by atoms with van der Waals surface area (Å²) in [6.07, 6.45) is 0.814. The van der Waals surface area contributed by atoms with Crippen LogP contribution < -0.4 is 5.63 Å². The van der Waals surface area contributed by atoms with E-state index in [1.54, 1.807) is 16.8 Å². The third-order valence-corrected chi connectivity index (χ3v) is 5.22. The van der Waals surface area contributed by atoms with Crippen LogP contribution in [0.25, 0.3) is 16.8 Å². The Hall–Kier alpha value is -3.45. The number of nitrogens with zero attached hydrogens (tertiary/aromatic N) is 3. The maximum absolute atomic E-state index is 12.7. The number of halogens is 1. The van der Waals surface area contributed by atoms with Crippen molar-refractivity contribution in [2.75, 3.05) is 0 Å². The van der Waals surface area contributed by atoms with Crippen molar-refractivity contribution >= 4 is 28.5 Å². The molecule has 3 aromatic heterocycles. The van der Waals surface area contributed by atoms with E-state index in [4.69, 9.17) is 20.8 Å². The number of carbonyl (C=O) groups excluding carboxylic acids is 1. The highest BCUT2D eigenvalue weighted by Gasteiger charge is 2.18. The highest BCUT2D eigenvalue weighted by Crippen LogP contribution is 2.22. The van der Waals surface area contributed by atoms with E-state index in [1.165, 1.54) is 6.07 Å². The molecule has 0 unspecified atom stereocenters. The molecule has 0 aliphatic rings. The van der Waals surface area contributed by atoms with E-state index in [0.29, 0.717) is 22.4 Å². The molecule has 0 N–H and O–H groups in total. The van der Waals surface area contributed by atoms with E-state index in [9.17, 15) is 9.59 Å². The molecule has 158 valence electrons. The summed E-state index contributed by atoms with van der Waals surface area (Å²) in [7, 11) is 0. The van der Waals surface area contributed by atoms with Crippen LogP contribution in [0, 0.1) is 13.8 Å². The van der Waals surface area contributed by atoms with Gasteiger partial charge in [0.05, 0.1) is 10.7 Å². The first-order valence-electron chi connectivity index (χ1n) is 9.78. The zero-order valence-electron chi connectivity index (χ0n) is 17.3. The molecule has 0 fully saturated rings. The summed E-state index contributed by atoms with van der Waals surface area (Å²) in [5.74, 6) is -0.236. The number of hydrogen-bond donors (Lipinski definition) is 0. The van der Waals surface area contributed by atoms with Crippen LogP contribution in [0.2, 0.25) is 5.02 Å². The number of carbonyl (C=O) groups is 1. The van der Waals surface area contributed by atoms with Gasteiger partial charge in [0.15, 0.2) is 11.5 Å². The van der Waals surface area contributed by atoms with Crippen molar-refractivity contribution in [3.05, 3.63) is 86.1 Å². The van der Waals surface area contributed by atoms with Crippen molar-refractivity contribution in [2.45, 2.75) is 33.8 Å². The van der Waals surface area contributed by atoms with Crippen LogP contribution in [0.3, 0.4) is 0 Å². The van der Waals surface area contributed by atoms with Gasteiger partial charge in [-0.1, -0.05) is 30.7 Å². The maximum Gasteiger partial charge on any atom is 0.358 e. The molecule has 1 aromatic carbocycles.